The first-order valence-corrected chi connectivity index (χ1v) is 7.35. The number of hydrogen-bond donors (Lipinski definition) is 2. The highest BCUT2D eigenvalue weighted by atomic mass is 19.4. The van der Waals surface area contributed by atoms with E-state index in [2.05, 4.69) is 15.8 Å². The predicted molar refractivity (Wildman–Crippen MR) is 82.4 cm³/mol. The average Bonchev–Trinajstić information content (AvgIpc) is 3.14. The molecule has 126 valence electrons. The molecule has 2 N–H and O–H groups in total. The van der Waals surface area contributed by atoms with Crippen LogP contribution in [0, 0.1) is 0 Å². The van der Waals surface area contributed by atoms with Crippen LogP contribution in [0.5, 0.6) is 0 Å². The molecule has 3 rings (SSSR count). The molecule has 2 heterocycles. The Balaban J connectivity index is 1.55. The first-order valence-electron chi connectivity index (χ1n) is 7.35. The van der Waals surface area contributed by atoms with Crippen molar-refractivity contribution < 1.29 is 18.0 Å². The van der Waals surface area contributed by atoms with E-state index < -0.39 is 17.8 Å². The lowest BCUT2D eigenvalue weighted by molar-refractivity contribution is -0.137. The summed E-state index contributed by atoms with van der Waals surface area (Å²) in [6.07, 6.45) is -1.74. The van der Waals surface area contributed by atoms with Crippen molar-refractivity contribution in [2.75, 3.05) is 0 Å². The number of aryl methyl sites for hydroxylation is 1. The van der Waals surface area contributed by atoms with Crippen LogP contribution in [0.25, 0.3) is 0 Å². The Morgan fingerprint density at radius 3 is 2.88 bits per heavy atom. The molecule has 0 fully saturated rings. The maximum Gasteiger partial charge on any atom is 0.416 e. The van der Waals surface area contributed by atoms with Crippen LogP contribution >= 0.6 is 0 Å². The van der Waals surface area contributed by atoms with Crippen molar-refractivity contribution in [2.24, 2.45) is 5.10 Å². The molecule has 0 atom stereocenters. The van der Waals surface area contributed by atoms with Crippen molar-refractivity contribution in [3.8, 4) is 0 Å². The standard InChI is InChI=1S/C16H15F3N4O/c17-16(18,19)12-4-1-3-11(9-12)10-20-15(24)22-21-13-6-8-23-7-2-5-14(13)23/h1-5,7,9H,6,8,10H2,(H2,20,22,24)/b21-13-. The van der Waals surface area contributed by atoms with Crippen LogP contribution in [0.2, 0.25) is 0 Å². The van der Waals surface area contributed by atoms with E-state index in [0.29, 0.717) is 5.56 Å². The van der Waals surface area contributed by atoms with Crippen molar-refractivity contribution in [1.29, 1.82) is 0 Å². The predicted octanol–water partition coefficient (Wildman–Crippen LogP) is 3.11. The van der Waals surface area contributed by atoms with Gasteiger partial charge in [-0.05, 0) is 29.8 Å². The normalized spacial score (nSPS) is 15.4. The number of nitrogens with zero attached hydrogens (tertiary/aromatic N) is 2. The fourth-order valence-electron chi connectivity index (χ4n) is 2.54. The van der Waals surface area contributed by atoms with Gasteiger partial charge in [0.05, 0.1) is 17.0 Å². The number of urea groups is 1. The quantitative estimate of drug-likeness (QED) is 0.832. The number of benzene rings is 1. The van der Waals surface area contributed by atoms with Gasteiger partial charge in [0.1, 0.15) is 0 Å². The van der Waals surface area contributed by atoms with E-state index in [1.165, 1.54) is 12.1 Å². The molecule has 1 aromatic heterocycles. The number of aromatic nitrogens is 1. The Morgan fingerprint density at radius 1 is 1.25 bits per heavy atom. The SMILES string of the molecule is O=C(NCc1cccc(C(F)(F)F)c1)N/N=C1/CCn2cccc21. The number of rotatable bonds is 3. The third kappa shape index (κ3) is 3.58. The molecule has 24 heavy (non-hydrogen) atoms. The summed E-state index contributed by atoms with van der Waals surface area (Å²) in [4.78, 5) is 11.7. The maximum absolute atomic E-state index is 12.6. The summed E-state index contributed by atoms with van der Waals surface area (Å²) in [5.41, 5.74) is 3.72. The number of carbonyl (C=O) groups is 1. The van der Waals surface area contributed by atoms with Crippen molar-refractivity contribution >= 4 is 11.7 Å². The van der Waals surface area contributed by atoms with E-state index >= 15 is 0 Å². The Hall–Kier alpha value is -2.77. The van der Waals surface area contributed by atoms with Crippen molar-refractivity contribution in [2.45, 2.75) is 25.7 Å². The third-order valence-electron chi connectivity index (χ3n) is 3.71. The van der Waals surface area contributed by atoms with Crippen LogP contribution in [-0.4, -0.2) is 16.3 Å². The highest BCUT2D eigenvalue weighted by Crippen LogP contribution is 2.29. The van der Waals surface area contributed by atoms with Crippen LogP contribution in [-0.2, 0) is 19.3 Å². The Bertz CT molecular complexity index is 780. The van der Waals surface area contributed by atoms with E-state index in [-0.39, 0.29) is 6.54 Å². The molecular weight excluding hydrogens is 321 g/mol. The van der Waals surface area contributed by atoms with Crippen molar-refractivity contribution in [3.05, 3.63) is 59.4 Å². The van der Waals surface area contributed by atoms with Gasteiger partial charge < -0.3 is 9.88 Å². The van der Waals surface area contributed by atoms with E-state index in [1.54, 1.807) is 0 Å². The highest BCUT2D eigenvalue weighted by molar-refractivity contribution is 6.01. The lowest BCUT2D eigenvalue weighted by Gasteiger charge is -2.09. The zero-order valence-corrected chi connectivity index (χ0v) is 12.6. The number of halogens is 3. The first-order chi connectivity index (χ1) is 11.4. The molecule has 8 heteroatoms. The molecule has 1 aromatic carbocycles. The molecule has 0 radical (unpaired) electrons. The summed E-state index contributed by atoms with van der Waals surface area (Å²) in [5.74, 6) is 0. The second-order valence-corrected chi connectivity index (χ2v) is 5.39. The van der Waals surface area contributed by atoms with E-state index in [9.17, 15) is 18.0 Å². The number of hydrogen-bond acceptors (Lipinski definition) is 2. The smallest absolute Gasteiger partial charge is 0.346 e. The van der Waals surface area contributed by atoms with Crippen LogP contribution in [0.15, 0.2) is 47.7 Å². The van der Waals surface area contributed by atoms with E-state index in [4.69, 9.17) is 0 Å². The fraction of sp³-hybridized carbons (Fsp3) is 0.250. The Labute approximate surface area is 136 Å². The summed E-state index contributed by atoms with van der Waals surface area (Å²) in [5, 5.41) is 6.55. The van der Waals surface area contributed by atoms with Crippen molar-refractivity contribution in [1.82, 2.24) is 15.3 Å². The van der Waals surface area contributed by atoms with Gasteiger partial charge in [0.25, 0.3) is 0 Å². The monoisotopic (exact) mass is 336 g/mol. The van der Waals surface area contributed by atoms with Gasteiger partial charge in [-0.25, -0.2) is 10.2 Å². The minimum Gasteiger partial charge on any atom is -0.346 e. The Morgan fingerprint density at radius 2 is 2.08 bits per heavy atom. The maximum atomic E-state index is 12.6. The van der Waals surface area contributed by atoms with Crippen LogP contribution in [0.1, 0.15) is 23.2 Å². The third-order valence-corrected chi connectivity index (χ3v) is 3.71. The lowest BCUT2D eigenvalue weighted by atomic mass is 10.1. The molecule has 1 aliphatic heterocycles. The van der Waals surface area contributed by atoms with Gasteiger partial charge in [-0.2, -0.15) is 18.3 Å². The van der Waals surface area contributed by atoms with Gasteiger partial charge in [-0.1, -0.05) is 12.1 Å². The molecule has 2 aromatic rings. The first kappa shape index (κ1) is 16.1. The molecule has 1 aliphatic rings. The van der Waals surface area contributed by atoms with Crippen LogP contribution in [0.3, 0.4) is 0 Å². The topological polar surface area (TPSA) is 58.4 Å². The molecular formula is C16H15F3N4O. The van der Waals surface area contributed by atoms with E-state index in [0.717, 1.165) is 36.5 Å². The second-order valence-electron chi connectivity index (χ2n) is 5.39. The summed E-state index contributed by atoms with van der Waals surface area (Å²) in [7, 11) is 0. The van der Waals surface area contributed by atoms with Crippen LogP contribution in [0.4, 0.5) is 18.0 Å². The molecule has 0 bridgehead atoms. The van der Waals surface area contributed by atoms with Gasteiger partial charge in [-0.15, -0.1) is 0 Å². The van der Waals surface area contributed by atoms with Crippen LogP contribution < -0.4 is 10.7 Å². The van der Waals surface area contributed by atoms with Crippen molar-refractivity contribution in [3.63, 3.8) is 0 Å². The zero-order chi connectivity index (χ0) is 17.2. The number of amides is 2. The molecule has 0 spiro atoms. The average molecular weight is 336 g/mol. The van der Waals surface area contributed by atoms with Gasteiger partial charge >= 0.3 is 12.2 Å². The number of carbonyl (C=O) groups excluding carboxylic acids is 1. The highest BCUT2D eigenvalue weighted by Gasteiger charge is 2.30. The van der Waals surface area contributed by atoms with Gasteiger partial charge in [-0.3, -0.25) is 0 Å². The molecule has 0 saturated carbocycles. The summed E-state index contributed by atoms with van der Waals surface area (Å²) in [6, 6.07) is 8.08. The minimum absolute atomic E-state index is 0.0169. The summed E-state index contributed by atoms with van der Waals surface area (Å²) < 4.78 is 39.9. The molecule has 5 nitrogen and oxygen atoms in total. The number of fused-ring (bicyclic) bond motifs is 1. The molecule has 0 unspecified atom stereocenters. The number of alkyl halides is 3. The largest absolute Gasteiger partial charge is 0.416 e. The lowest BCUT2D eigenvalue weighted by Crippen LogP contribution is -2.32. The second kappa shape index (κ2) is 6.38. The summed E-state index contributed by atoms with van der Waals surface area (Å²) >= 11 is 0. The zero-order valence-electron chi connectivity index (χ0n) is 12.6. The van der Waals surface area contributed by atoms with Gasteiger partial charge in [0.15, 0.2) is 0 Å². The van der Waals surface area contributed by atoms with Gasteiger partial charge in [0.2, 0.25) is 0 Å². The van der Waals surface area contributed by atoms with E-state index in [1.807, 2.05) is 22.9 Å². The molecule has 0 saturated heterocycles. The number of nitrogens with one attached hydrogen (secondary N) is 2. The summed E-state index contributed by atoms with van der Waals surface area (Å²) in [6.45, 7) is 0.797. The minimum atomic E-state index is -4.40. The fourth-order valence-corrected chi connectivity index (χ4v) is 2.54. The van der Waals surface area contributed by atoms with Gasteiger partial charge in [0, 0.05) is 25.7 Å². The number of hydrazone groups is 1. The molecule has 0 aliphatic carbocycles. The molecule has 2 amide bonds. The Kier molecular flexibility index (Phi) is 4.28.